The van der Waals surface area contributed by atoms with Crippen LogP contribution in [0, 0.1) is 0 Å². The third-order valence-electron chi connectivity index (χ3n) is 3.85. The van der Waals surface area contributed by atoms with E-state index in [-0.39, 0.29) is 29.1 Å². The Morgan fingerprint density at radius 2 is 1.38 bits per heavy atom. The van der Waals surface area contributed by atoms with Crippen molar-refractivity contribution in [3.63, 3.8) is 0 Å². The molecule has 1 unspecified atom stereocenters. The number of nitrogens with one attached hydrogen (secondary N) is 1. The first-order valence-corrected chi connectivity index (χ1v) is 8.57. The number of hydrogen-bond donors (Lipinski definition) is 1. The molecule has 0 heterocycles. The summed E-state index contributed by atoms with van der Waals surface area (Å²) in [5.74, 6) is 0.202. The van der Waals surface area contributed by atoms with Crippen molar-refractivity contribution in [1.82, 2.24) is 10.2 Å². The Bertz CT molecular complexity index is 235. The van der Waals surface area contributed by atoms with E-state index in [4.69, 9.17) is 0 Å². The van der Waals surface area contributed by atoms with E-state index in [1.54, 1.807) is 0 Å². The summed E-state index contributed by atoms with van der Waals surface area (Å²) in [4.78, 5) is 13.8. The molecule has 0 bridgehead atoms. The summed E-state index contributed by atoms with van der Waals surface area (Å²) in [5.41, 5.74) is 0. The second-order valence-corrected chi connectivity index (χ2v) is 6.03. The number of rotatable bonds is 13. The van der Waals surface area contributed by atoms with Gasteiger partial charge in [-0.25, -0.2) is 0 Å². The van der Waals surface area contributed by atoms with Crippen LogP contribution in [0.1, 0.15) is 84.5 Å². The SMILES string of the molecule is Br.CCCCCCCCCCCC(=O)NC(CC)N(C)C. The molecular formula is C17H37BrN2O. The molecule has 0 aliphatic rings. The summed E-state index contributed by atoms with van der Waals surface area (Å²) in [6.45, 7) is 4.36. The molecule has 0 rings (SSSR count). The number of nitrogens with zero attached hydrogens (tertiary/aromatic N) is 1. The van der Waals surface area contributed by atoms with Crippen LogP contribution in [0.5, 0.6) is 0 Å². The van der Waals surface area contributed by atoms with Crippen LogP contribution in [0.25, 0.3) is 0 Å². The number of hydrogen-bond acceptors (Lipinski definition) is 2. The quantitative estimate of drug-likeness (QED) is 0.372. The predicted octanol–water partition coefficient (Wildman–Crippen LogP) is 4.90. The second kappa shape index (κ2) is 16.3. The van der Waals surface area contributed by atoms with Gasteiger partial charge >= 0.3 is 0 Å². The van der Waals surface area contributed by atoms with Gasteiger partial charge in [-0.2, -0.15) is 0 Å². The third kappa shape index (κ3) is 14.6. The monoisotopic (exact) mass is 364 g/mol. The smallest absolute Gasteiger partial charge is 0.221 e. The fourth-order valence-electron chi connectivity index (χ4n) is 2.45. The zero-order chi connectivity index (χ0) is 15.2. The average molecular weight is 365 g/mol. The molecule has 0 spiro atoms. The zero-order valence-electron chi connectivity index (χ0n) is 14.6. The minimum Gasteiger partial charge on any atom is -0.341 e. The van der Waals surface area contributed by atoms with Crippen LogP contribution in [0.15, 0.2) is 0 Å². The van der Waals surface area contributed by atoms with E-state index in [0.29, 0.717) is 6.42 Å². The van der Waals surface area contributed by atoms with E-state index in [0.717, 1.165) is 12.8 Å². The van der Waals surface area contributed by atoms with E-state index in [1.165, 1.54) is 51.4 Å². The van der Waals surface area contributed by atoms with Crippen LogP contribution >= 0.6 is 17.0 Å². The fourth-order valence-corrected chi connectivity index (χ4v) is 2.45. The molecule has 0 saturated heterocycles. The minimum atomic E-state index is 0. The van der Waals surface area contributed by atoms with Crippen molar-refractivity contribution < 1.29 is 4.79 Å². The summed E-state index contributed by atoms with van der Waals surface area (Å²) in [6.07, 6.45) is 13.5. The first-order valence-electron chi connectivity index (χ1n) is 8.57. The van der Waals surface area contributed by atoms with Crippen molar-refractivity contribution in [1.29, 1.82) is 0 Å². The van der Waals surface area contributed by atoms with Crippen LogP contribution in [0.2, 0.25) is 0 Å². The van der Waals surface area contributed by atoms with Gasteiger partial charge in [0, 0.05) is 6.42 Å². The van der Waals surface area contributed by atoms with Crippen LogP contribution in [-0.4, -0.2) is 31.1 Å². The van der Waals surface area contributed by atoms with Gasteiger partial charge in [0.1, 0.15) is 0 Å². The van der Waals surface area contributed by atoms with Crippen molar-refractivity contribution in [2.24, 2.45) is 0 Å². The summed E-state index contributed by atoms with van der Waals surface area (Å²) >= 11 is 0. The van der Waals surface area contributed by atoms with Gasteiger partial charge in [0.2, 0.25) is 5.91 Å². The highest BCUT2D eigenvalue weighted by molar-refractivity contribution is 8.93. The lowest BCUT2D eigenvalue weighted by Crippen LogP contribution is -2.44. The van der Waals surface area contributed by atoms with Gasteiger partial charge in [0.25, 0.3) is 0 Å². The second-order valence-electron chi connectivity index (χ2n) is 6.03. The molecule has 0 saturated carbocycles. The van der Waals surface area contributed by atoms with Crippen LogP contribution < -0.4 is 5.32 Å². The first kappa shape index (κ1) is 23.2. The average Bonchev–Trinajstić information content (AvgIpc) is 2.42. The van der Waals surface area contributed by atoms with Gasteiger partial charge in [-0.3, -0.25) is 9.69 Å². The molecule has 0 aromatic carbocycles. The molecule has 0 aromatic rings. The maximum atomic E-state index is 11.8. The van der Waals surface area contributed by atoms with E-state index in [9.17, 15) is 4.79 Å². The summed E-state index contributed by atoms with van der Waals surface area (Å²) in [5, 5.41) is 3.08. The molecule has 1 N–H and O–H groups in total. The van der Waals surface area contributed by atoms with E-state index < -0.39 is 0 Å². The number of carbonyl (C=O) groups excluding carboxylic acids is 1. The Hall–Kier alpha value is -0.0900. The molecule has 128 valence electrons. The first-order chi connectivity index (χ1) is 9.61. The molecule has 1 atom stereocenters. The maximum absolute atomic E-state index is 11.8. The zero-order valence-corrected chi connectivity index (χ0v) is 16.3. The van der Waals surface area contributed by atoms with E-state index >= 15 is 0 Å². The molecule has 21 heavy (non-hydrogen) atoms. The molecule has 0 aromatic heterocycles. The standard InChI is InChI=1S/C17H36N2O.BrH/c1-5-7-8-9-10-11-12-13-14-15-17(20)18-16(6-2)19(3)4;/h16H,5-15H2,1-4H3,(H,18,20);1H. The van der Waals surface area contributed by atoms with Crippen LogP contribution in [0.4, 0.5) is 0 Å². The Morgan fingerprint density at radius 1 is 0.905 bits per heavy atom. The molecule has 3 nitrogen and oxygen atoms in total. The van der Waals surface area contributed by atoms with Gasteiger partial charge in [0.15, 0.2) is 0 Å². The normalized spacial score (nSPS) is 12.0. The molecule has 4 heteroatoms. The summed E-state index contributed by atoms with van der Waals surface area (Å²) < 4.78 is 0. The van der Waals surface area contributed by atoms with E-state index in [2.05, 4.69) is 24.1 Å². The highest BCUT2D eigenvalue weighted by Crippen LogP contribution is 2.10. The van der Waals surface area contributed by atoms with Crippen molar-refractivity contribution in [3.05, 3.63) is 0 Å². The lowest BCUT2D eigenvalue weighted by atomic mass is 10.1. The van der Waals surface area contributed by atoms with Crippen LogP contribution in [-0.2, 0) is 4.79 Å². The number of amides is 1. The Balaban J connectivity index is 0. The number of halogens is 1. The van der Waals surface area contributed by atoms with Gasteiger partial charge in [-0.1, -0.05) is 65.2 Å². The highest BCUT2D eigenvalue weighted by atomic mass is 79.9. The molecule has 1 amide bonds. The van der Waals surface area contributed by atoms with Gasteiger partial charge < -0.3 is 5.32 Å². The lowest BCUT2D eigenvalue weighted by molar-refractivity contribution is -0.123. The van der Waals surface area contributed by atoms with Crippen molar-refractivity contribution in [2.45, 2.75) is 90.6 Å². The van der Waals surface area contributed by atoms with Gasteiger partial charge in [0.05, 0.1) is 6.17 Å². The summed E-state index contributed by atoms with van der Waals surface area (Å²) in [6, 6.07) is 0. The molecule has 0 fully saturated rings. The fraction of sp³-hybridized carbons (Fsp3) is 0.941. The molecule has 0 radical (unpaired) electrons. The van der Waals surface area contributed by atoms with Crippen molar-refractivity contribution in [2.75, 3.05) is 14.1 Å². The third-order valence-corrected chi connectivity index (χ3v) is 3.85. The number of unbranched alkanes of at least 4 members (excludes halogenated alkanes) is 8. The largest absolute Gasteiger partial charge is 0.341 e. The predicted molar refractivity (Wildman–Crippen MR) is 98.1 cm³/mol. The maximum Gasteiger partial charge on any atom is 0.221 e. The van der Waals surface area contributed by atoms with Crippen molar-refractivity contribution in [3.8, 4) is 0 Å². The van der Waals surface area contributed by atoms with Crippen LogP contribution in [0.3, 0.4) is 0 Å². The van der Waals surface area contributed by atoms with Gasteiger partial charge in [-0.05, 0) is 26.9 Å². The lowest BCUT2D eigenvalue weighted by Gasteiger charge is -2.23. The molecule has 0 aliphatic heterocycles. The Morgan fingerprint density at radius 3 is 1.81 bits per heavy atom. The van der Waals surface area contributed by atoms with Gasteiger partial charge in [-0.15, -0.1) is 17.0 Å². The number of carbonyl (C=O) groups is 1. The molecule has 0 aliphatic carbocycles. The molecular weight excluding hydrogens is 328 g/mol. The van der Waals surface area contributed by atoms with E-state index in [1.807, 2.05) is 14.1 Å². The summed E-state index contributed by atoms with van der Waals surface area (Å²) in [7, 11) is 4.01. The van der Waals surface area contributed by atoms with Crippen molar-refractivity contribution >= 4 is 22.9 Å². The Kier molecular flexibility index (Phi) is 18.0. The Labute approximate surface area is 143 Å². The topological polar surface area (TPSA) is 32.3 Å². The minimum absolute atomic E-state index is 0. The highest BCUT2D eigenvalue weighted by Gasteiger charge is 2.11.